The minimum Gasteiger partial charge on any atom is -0.478 e. The largest absolute Gasteiger partial charge is 0.478 e. The van der Waals surface area contributed by atoms with E-state index in [1.54, 1.807) is 23.5 Å². The van der Waals surface area contributed by atoms with E-state index < -0.39 is 12.1 Å². The predicted molar refractivity (Wildman–Crippen MR) is 104 cm³/mol. The van der Waals surface area contributed by atoms with E-state index in [1.807, 2.05) is 26.8 Å². The standard InChI is InChI=1S/C20H22N2O4S/c1-6-16-20(25)22(19(10(2)23)11(3)24)15-9-14(7-8-17(15)26-16)18-12(4)27-13(5)21-18/h7-9,16,19H,6H2,1-5H3. The SMILES string of the molecule is CCC1Oc2ccc(-c3nc(C)sc3C)cc2N(C(C(C)=O)C(C)=O)C1=O. The molecule has 0 fully saturated rings. The average molecular weight is 386 g/mol. The van der Waals surface area contributed by atoms with E-state index in [0.717, 1.165) is 21.1 Å². The number of nitrogens with zero attached hydrogens (tertiary/aromatic N) is 2. The summed E-state index contributed by atoms with van der Waals surface area (Å²) in [4.78, 5) is 44.3. The van der Waals surface area contributed by atoms with E-state index in [1.165, 1.54) is 18.7 Å². The fraction of sp³-hybridized carbons (Fsp3) is 0.400. The highest BCUT2D eigenvalue weighted by Crippen LogP contribution is 2.40. The number of ketones is 2. The molecule has 0 radical (unpaired) electrons. The maximum absolute atomic E-state index is 13.0. The number of aryl methyl sites for hydroxylation is 2. The van der Waals surface area contributed by atoms with E-state index in [4.69, 9.17) is 4.74 Å². The van der Waals surface area contributed by atoms with Gasteiger partial charge in [-0.3, -0.25) is 19.3 Å². The molecule has 2 aromatic rings. The van der Waals surface area contributed by atoms with Crippen LogP contribution in [-0.4, -0.2) is 34.6 Å². The van der Waals surface area contributed by atoms with Crippen molar-refractivity contribution in [3.8, 4) is 17.0 Å². The van der Waals surface area contributed by atoms with Crippen LogP contribution in [0.25, 0.3) is 11.3 Å². The second-order valence-electron chi connectivity index (χ2n) is 6.67. The normalized spacial score (nSPS) is 16.3. The number of rotatable bonds is 5. The lowest BCUT2D eigenvalue weighted by Gasteiger charge is -2.37. The van der Waals surface area contributed by atoms with Crippen LogP contribution in [0.2, 0.25) is 0 Å². The number of carbonyl (C=O) groups excluding carboxylic acids is 3. The topological polar surface area (TPSA) is 76.6 Å². The third kappa shape index (κ3) is 3.39. The summed E-state index contributed by atoms with van der Waals surface area (Å²) in [5, 5.41) is 0.945. The summed E-state index contributed by atoms with van der Waals surface area (Å²) in [6.07, 6.45) is -0.267. The van der Waals surface area contributed by atoms with E-state index >= 15 is 0 Å². The van der Waals surface area contributed by atoms with Gasteiger partial charge in [0.05, 0.1) is 16.4 Å². The molecule has 6 nitrogen and oxygen atoms in total. The van der Waals surface area contributed by atoms with E-state index in [0.29, 0.717) is 17.9 Å². The number of ether oxygens (including phenoxy) is 1. The van der Waals surface area contributed by atoms with Gasteiger partial charge in [0.1, 0.15) is 5.75 Å². The molecule has 0 bridgehead atoms. The van der Waals surface area contributed by atoms with Gasteiger partial charge in [0.15, 0.2) is 23.7 Å². The van der Waals surface area contributed by atoms with Crippen molar-refractivity contribution in [3.05, 3.63) is 28.1 Å². The number of fused-ring (bicyclic) bond motifs is 1. The molecule has 2 heterocycles. The molecular weight excluding hydrogens is 364 g/mol. The Hall–Kier alpha value is -2.54. The molecule has 0 aliphatic carbocycles. The molecule has 0 saturated heterocycles. The summed E-state index contributed by atoms with van der Waals surface area (Å²) in [6.45, 7) is 8.41. The molecule has 0 N–H and O–H groups in total. The summed E-state index contributed by atoms with van der Waals surface area (Å²) >= 11 is 1.59. The van der Waals surface area contributed by atoms with Crippen molar-refractivity contribution in [3.63, 3.8) is 0 Å². The highest BCUT2D eigenvalue weighted by atomic mass is 32.1. The van der Waals surface area contributed by atoms with Gasteiger partial charge in [0, 0.05) is 10.4 Å². The maximum atomic E-state index is 13.0. The van der Waals surface area contributed by atoms with Crippen LogP contribution >= 0.6 is 11.3 Å². The van der Waals surface area contributed by atoms with Gasteiger partial charge in [-0.2, -0.15) is 0 Å². The maximum Gasteiger partial charge on any atom is 0.269 e. The highest BCUT2D eigenvalue weighted by Gasteiger charge is 2.41. The molecule has 1 aliphatic heterocycles. The summed E-state index contributed by atoms with van der Waals surface area (Å²) in [6, 6.07) is 4.29. The number of hydrogen-bond donors (Lipinski definition) is 0. The average Bonchev–Trinajstić information content (AvgIpc) is 2.94. The second-order valence-corrected chi connectivity index (χ2v) is 8.07. The zero-order chi connectivity index (χ0) is 19.9. The molecule has 3 rings (SSSR count). The number of hydrogen-bond acceptors (Lipinski definition) is 6. The van der Waals surface area contributed by atoms with Crippen molar-refractivity contribution in [2.75, 3.05) is 4.90 Å². The smallest absolute Gasteiger partial charge is 0.269 e. The Morgan fingerprint density at radius 1 is 1.26 bits per heavy atom. The van der Waals surface area contributed by atoms with Crippen LogP contribution in [0.3, 0.4) is 0 Å². The fourth-order valence-electron chi connectivity index (χ4n) is 3.40. The predicted octanol–water partition coefficient (Wildman–Crippen LogP) is 3.48. The summed E-state index contributed by atoms with van der Waals surface area (Å²) < 4.78 is 5.83. The number of benzene rings is 1. The molecule has 1 aromatic heterocycles. The molecule has 1 amide bonds. The van der Waals surface area contributed by atoms with Crippen LogP contribution in [0, 0.1) is 13.8 Å². The lowest BCUT2D eigenvalue weighted by atomic mass is 10.0. The quantitative estimate of drug-likeness (QED) is 0.736. The highest BCUT2D eigenvalue weighted by molar-refractivity contribution is 7.11. The Balaban J connectivity index is 2.19. The first-order chi connectivity index (χ1) is 12.7. The van der Waals surface area contributed by atoms with E-state index in [-0.39, 0.29) is 17.5 Å². The summed E-state index contributed by atoms with van der Waals surface area (Å²) in [7, 11) is 0. The number of thiazole rings is 1. The molecule has 1 unspecified atom stereocenters. The number of anilines is 1. The lowest BCUT2D eigenvalue weighted by Crippen LogP contribution is -2.55. The Labute approximate surface area is 162 Å². The zero-order valence-electron chi connectivity index (χ0n) is 16.0. The van der Waals surface area contributed by atoms with Crippen LogP contribution in [-0.2, 0) is 14.4 Å². The van der Waals surface area contributed by atoms with Crippen molar-refractivity contribution in [2.45, 2.75) is 53.2 Å². The van der Waals surface area contributed by atoms with Crippen LogP contribution in [0.1, 0.15) is 37.1 Å². The molecular formula is C20H22N2O4S. The Bertz CT molecular complexity index is 920. The van der Waals surface area contributed by atoms with Crippen LogP contribution in [0.15, 0.2) is 18.2 Å². The Morgan fingerprint density at radius 2 is 1.93 bits per heavy atom. The summed E-state index contributed by atoms with van der Waals surface area (Å²) in [5.74, 6) is -0.625. The van der Waals surface area contributed by atoms with Gasteiger partial charge in [-0.25, -0.2) is 4.98 Å². The van der Waals surface area contributed by atoms with Gasteiger partial charge in [-0.15, -0.1) is 11.3 Å². The minimum atomic E-state index is -1.15. The van der Waals surface area contributed by atoms with Gasteiger partial charge < -0.3 is 4.74 Å². The van der Waals surface area contributed by atoms with Crippen molar-refractivity contribution < 1.29 is 19.1 Å². The molecule has 0 saturated carbocycles. The fourth-order valence-corrected chi connectivity index (χ4v) is 4.24. The van der Waals surface area contributed by atoms with Gasteiger partial charge in [0.2, 0.25) is 0 Å². The van der Waals surface area contributed by atoms with Gasteiger partial charge in [0.25, 0.3) is 5.91 Å². The van der Waals surface area contributed by atoms with Gasteiger partial charge >= 0.3 is 0 Å². The lowest BCUT2D eigenvalue weighted by molar-refractivity contribution is -0.134. The van der Waals surface area contributed by atoms with Crippen molar-refractivity contribution in [1.82, 2.24) is 4.98 Å². The van der Waals surface area contributed by atoms with Crippen LogP contribution in [0.4, 0.5) is 5.69 Å². The van der Waals surface area contributed by atoms with Crippen molar-refractivity contribution >= 4 is 34.5 Å². The van der Waals surface area contributed by atoms with Gasteiger partial charge in [-0.1, -0.05) is 6.92 Å². The summed E-state index contributed by atoms with van der Waals surface area (Å²) in [5.41, 5.74) is 2.08. The second kappa shape index (κ2) is 7.23. The molecule has 142 valence electrons. The van der Waals surface area contributed by atoms with Crippen LogP contribution < -0.4 is 9.64 Å². The molecule has 1 aliphatic rings. The molecule has 0 spiro atoms. The van der Waals surface area contributed by atoms with Crippen molar-refractivity contribution in [1.29, 1.82) is 0 Å². The first-order valence-electron chi connectivity index (χ1n) is 8.83. The Morgan fingerprint density at radius 3 is 2.44 bits per heavy atom. The molecule has 1 aromatic carbocycles. The first-order valence-corrected chi connectivity index (χ1v) is 9.65. The van der Waals surface area contributed by atoms with Crippen LogP contribution in [0.5, 0.6) is 5.75 Å². The molecule has 7 heteroatoms. The van der Waals surface area contributed by atoms with E-state index in [2.05, 4.69) is 4.98 Å². The van der Waals surface area contributed by atoms with E-state index in [9.17, 15) is 14.4 Å². The van der Waals surface area contributed by atoms with Crippen molar-refractivity contribution in [2.24, 2.45) is 0 Å². The van der Waals surface area contributed by atoms with Gasteiger partial charge in [-0.05, 0) is 52.3 Å². The first kappa shape index (κ1) is 19.2. The monoisotopic (exact) mass is 386 g/mol. The zero-order valence-corrected chi connectivity index (χ0v) is 16.8. The third-order valence-corrected chi connectivity index (χ3v) is 5.46. The third-order valence-electron chi connectivity index (χ3n) is 4.58. The molecule has 1 atom stereocenters. The Kier molecular flexibility index (Phi) is 5.15. The number of aromatic nitrogens is 1. The minimum absolute atomic E-state index is 0.371. The number of Topliss-reactive ketones (excluding diaryl/α,β-unsaturated/α-hetero) is 2. The molecule has 27 heavy (non-hydrogen) atoms. The number of carbonyl (C=O) groups is 3. The number of amides is 1.